The van der Waals surface area contributed by atoms with Crippen LogP contribution in [0.25, 0.3) is 0 Å². The number of nitrogens with zero attached hydrogens (tertiary/aromatic N) is 1. The van der Waals surface area contributed by atoms with Crippen molar-refractivity contribution in [1.29, 1.82) is 0 Å². The molecule has 4 heteroatoms. The minimum atomic E-state index is 0. The first-order valence-electron chi connectivity index (χ1n) is 7.51. The topological polar surface area (TPSA) is 15.3 Å². The van der Waals surface area contributed by atoms with E-state index in [-0.39, 0.29) is 24.8 Å². The third kappa shape index (κ3) is 4.00. The Kier molecular flexibility index (Phi) is 6.44. The van der Waals surface area contributed by atoms with E-state index >= 15 is 0 Å². The van der Waals surface area contributed by atoms with Crippen molar-refractivity contribution in [2.75, 3.05) is 33.7 Å². The highest BCUT2D eigenvalue weighted by Crippen LogP contribution is 2.59. The Morgan fingerprint density at radius 2 is 1.42 bits per heavy atom. The summed E-state index contributed by atoms with van der Waals surface area (Å²) in [6, 6.07) is 0. The lowest BCUT2D eigenvalue weighted by Gasteiger charge is -2.57. The van der Waals surface area contributed by atoms with Crippen LogP contribution < -0.4 is 5.32 Å². The molecule has 0 atom stereocenters. The first-order chi connectivity index (χ1) is 8.15. The number of hydrogen-bond acceptors (Lipinski definition) is 2. The van der Waals surface area contributed by atoms with Crippen LogP contribution in [-0.4, -0.2) is 38.6 Å². The van der Waals surface area contributed by atoms with E-state index in [9.17, 15) is 0 Å². The lowest BCUT2D eigenvalue weighted by Crippen LogP contribution is -2.50. The Hall–Kier alpha value is 0.500. The third-order valence-corrected chi connectivity index (χ3v) is 5.40. The number of hydrogen-bond donors (Lipinski definition) is 1. The number of rotatable bonds is 5. The van der Waals surface area contributed by atoms with Crippen LogP contribution in [0.15, 0.2) is 0 Å². The number of nitrogens with one attached hydrogen (secondary N) is 1. The van der Waals surface area contributed by atoms with Crippen LogP contribution in [0.5, 0.6) is 0 Å². The summed E-state index contributed by atoms with van der Waals surface area (Å²) in [6.07, 6.45) is 9.31. The number of likely N-dealkylation sites (N-methyl/N-ethyl adjacent to an activating group) is 1. The van der Waals surface area contributed by atoms with Crippen LogP contribution >= 0.6 is 24.8 Å². The van der Waals surface area contributed by atoms with Crippen molar-refractivity contribution in [2.45, 2.75) is 38.5 Å². The summed E-state index contributed by atoms with van der Waals surface area (Å²) in [6.45, 7) is 3.63. The van der Waals surface area contributed by atoms with Crippen molar-refractivity contribution < 1.29 is 0 Å². The highest BCUT2D eigenvalue weighted by molar-refractivity contribution is 5.85. The molecule has 0 spiro atoms. The first-order valence-corrected chi connectivity index (χ1v) is 7.51. The molecular weight excluding hydrogens is 279 g/mol. The van der Waals surface area contributed by atoms with Gasteiger partial charge in [0.05, 0.1) is 0 Å². The second-order valence-electron chi connectivity index (χ2n) is 7.40. The second-order valence-corrected chi connectivity index (χ2v) is 7.40. The van der Waals surface area contributed by atoms with Crippen LogP contribution in [0.1, 0.15) is 38.5 Å². The van der Waals surface area contributed by atoms with Crippen molar-refractivity contribution >= 4 is 24.8 Å². The molecule has 2 nitrogen and oxygen atoms in total. The van der Waals surface area contributed by atoms with Crippen molar-refractivity contribution in [3.8, 4) is 0 Å². The molecule has 0 aliphatic heterocycles. The molecule has 0 aromatic heterocycles. The zero-order valence-electron chi connectivity index (χ0n) is 12.4. The monoisotopic (exact) mass is 308 g/mol. The van der Waals surface area contributed by atoms with Gasteiger partial charge < -0.3 is 10.2 Å². The summed E-state index contributed by atoms with van der Waals surface area (Å²) in [5.74, 6) is 3.28. The molecule has 4 aliphatic rings. The maximum absolute atomic E-state index is 3.73. The van der Waals surface area contributed by atoms with Gasteiger partial charge in [0, 0.05) is 19.6 Å². The minimum absolute atomic E-state index is 0. The van der Waals surface area contributed by atoms with E-state index < -0.39 is 0 Å². The van der Waals surface area contributed by atoms with Crippen molar-refractivity contribution in [3.63, 3.8) is 0 Å². The average molecular weight is 309 g/mol. The standard InChI is InChI=1S/C15H28N2.2ClH/c1-17(2)4-3-16-11-15-8-12-5-13(9-15)7-14(6-12)10-15;;/h12-14,16H,3-11H2,1-2H3;2*1H. The molecule has 4 fully saturated rings. The first kappa shape index (κ1) is 17.6. The smallest absolute Gasteiger partial charge is 0.0101 e. The summed E-state index contributed by atoms with van der Waals surface area (Å²) in [4.78, 5) is 2.27. The zero-order chi connectivity index (χ0) is 11.9. The Labute approximate surface area is 130 Å². The zero-order valence-corrected chi connectivity index (χ0v) is 14.0. The molecule has 0 amide bonds. The molecule has 0 aromatic rings. The quantitative estimate of drug-likeness (QED) is 0.785. The Balaban J connectivity index is 0.000000902. The van der Waals surface area contributed by atoms with Crippen LogP contribution in [0.3, 0.4) is 0 Å². The van der Waals surface area contributed by atoms with E-state index in [0.717, 1.165) is 24.3 Å². The fourth-order valence-corrected chi connectivity index (χ4v) is 5.16. The van der Waals surface area contributed by atoms with E-state index in [1.165, 1.54) is 32.4 Å². The molecule has 4 saturated carbocycles. The highest BCUT2D eigenvalue weighted by Gasteiger charge is 2.50. The minimum Gasteiger partial charge on any atom is -0.315 e. The SMILES string of the molecule is CN(C)CCNCC12CC3CC(CC(C3)C1)C2.Cl.Cl. The van der Waals surface area contributed by atoms with Gasteiger partial charge in [0.1, 0.15) is 0 Å². The molecule has 4 rings (SSSR count). The molecule has 0 saturated heterocycles. The normalized spacial score (nSPS) is 39.0. The summed E-state index contributed by atoms with van der Waals surface area (Å²) in [7, 11) is 4.32. The van der Waals surface area contributed by atoms with E-state index in [1.54, 1.807) is 19.3 Å². The van der Waals surface area contributed by atoms with Crippen LogP contribution in [-0.2, 0) is 0 Å². The van der Waals surface area contributed by atoms with Gasteiger partial charge in [-0.05, 0) is 75.8 Å². The molecule has 0 radical (unpaired) electrons. The Morgan fingerprint density at radius 3 is 1.84 bits per heavy atom. The predicted molar refractivity (Wildman–Crippen MR) is 86.5 cm³/mol. The van der Waals surface area contributed by atoms with Crippen molar-refractivity contribution in [3.05, 3.63) is 0 Å². The van der Waals surface area contributed by atoms with Crippen molar-refractivity contribution in [2.24, 2.45) is 23.2 Å². The fourth-order valence-electron chi connectivity index (χ4n) is 5.16. The van der Waals surface area contributed by atoms with Gasteiger partial charge >= 0.3 is 0 Å². The van der Waals surface area contributed by atoms with Gasteiger partial charge in [-0.1, -0.05) is 0 Å². The maximum Gasteiger partial charge on any atom is 0.0101 e. The molecule has 0 heterocycles. The van der Waals surface area contributed by atoms with Gasteiger partial charge in [-0.3, -0.25) is 0 Å². The molecule has 4 bridgehead atoms. The van der Waals surface area contributed by atoms with Crippen LogP contribution in [0.4, 0.5) is 0 Å². The molecule has 4 aliphatic carbocycles. The lowest BCUT2D eigenvalue weighted by atomic mass is 9.49. The molecule has 114 valence electrons. The number of halogens is 2. The van der Waals surface area contributed by atoms with E-state index in [2.05, 4.69) is 24.3 Å². The molecule has 0 unspecified atom stereocenters. The summed E-state index contributed by atoms with van der Waals surface area (Å²) in [5.41, 5.74) is 0.709. The van der Waals surface area contributed by atoms with Crippen molar-refractivity contribution in [1.82, 2.24) is 10.2 Å². The molecule has 1 N–H and O–H groups in total. The van der Waals surface area contributed by atoms with E-state index in [4.69, 9.17) is 0 Å². The highest BCUT2D eigenvalue weighted by atomic mass is 35.5. The predicted octanol–water partition coefficient (Wildman–Crippen LogP) is 3.20. The molecular formula is C15H30Cl2N2. The lowest BCUT2D eigenvalue weighted by molar-refractivity contribution is -0.0512. The second kappa shape index (κ2) is 6.98. The Bertz CT molecular complexity index is 246. The van der Waals surface area contributed by atoms with Gasteiger partial charge in [0.15, 0.2) is 0 Å². The van der Waals surface area contributed by atoms with Crippen LogP contribution in [0.2, 0.25) is 0 Å². The average Bonchev–Trinajstić information content (AvgIpc) is 2.22. The fraction of sp³-hybridized carbons (Fsp3) is 1.00. The van der Waals surface area contributed by atoms with Gasteiger partial charge in [-0.25, -0.2) is 0 Å². The maximum atomic E-state index is 3.73. The van der Waals surface area contributed by atoms with Crippen LogP contribution in [0, 0.1) is 23.2 Å². The van der Waals surface area contributed by atoms with Gasteiger partial charge in [-0.15, -0.1) is 24.8 Å². The summed E-state index contributed by atoms with van der Waals surface area (Å²) in [5, 5.41) is 3.73. The molecule has 19 heavy (non-hydrogen) atoms. The van der Waals surface area contributed by atoms with E-state index in [1.807, 2.05) is 0 Å². The third-order valence-electron chi connectivity index (χ3n) is 5.40. The largest absolute Gasteiger partial charge is 0.315 e. The van der Waals surface area contributed by atoms with Gasteiger partial charge in [-0.2, -0.15) is 0 Å². The van der Waals surface area contributed by atoms with E-state index in [0.29, 0.717) is 5.41 Å². The van der Waals surface area contributed by atoms with Gasteiger partial charge in [0.2, 0.25) is 0 Å². The Morgan fingerprint density at radius 1 is 0.947 bits per heavy atom. The molecule has 0 aromatic carbocycles. The van der Waals surface area contributed by atoms with Gasteiger partial charge in [0.25, 0.3) is 0 Å². The summed E-state index contributed by atoms with van der Waals surface area (Å²) >= 11 is 0. The summed E-state index contributed by atoms with van der Waals surface area (Å²) < 4.78 is 0.